The van der Waals surface area contributed by atoms with Crippen molar-refractivity contribution in [1.29, 1.82) is 0 Å². The van der Waals surface area contributed by atoms with E-state index in [0.29, 0.717) is 23.7 Å². The topological polar surface area (TPSA) is 69.6 Å². The first-order valence-electron chi connectivity index (χ1n) is 4.52. The Morgan fingerprint density at radius 1 is 1.47 bits per heavy atom. The second-order valence-electron chi connectivity index (χ2n) is 3.00. The summed E-state index contributed by atoms with van der Waals surface area (Å²) in [7, 11) is 0. The number of carbonyl (C=O) groups is 1. The van der Waals surface area contributed by atoms with E-state index in [9.17, 15) is 4.79 Å². The first-order valence-corrected chi connectivity index (χ1v) is 4.90. The molecule has 82 valence electrons. The summed E-state index contributed by atoms with van der Waals surface area (Å²) >= 11 is 5.75. The van der Waals surface area contributed by atoms with Crippen molar-refractivity contribution >= 4 is 23.3 Å². The van der Waals surface area contributed by atoms with E-state index in [1.165, 1.54) is 12.1 Å². The summed E-state index contributed by atoms with van der Waals surface area (Å²) in [6.07, 6.45) is 0.561. The van der Waals surface area contributed by atoms with Gasteiger partial charge in [0.2, 0.25) is 0 Å². The Morgan fingerprint density at radius 2 is 2.20 bits per heavy atom. The molecular weight excluding hydrogens is 218 g/mol. The van der Waals surface area contributed by atoms with Crippen molar-refractivity contribution in [2.45, 2.75) is 6.42 Å². The summed E-state index contributed by atoms with van der Waals surface area (Å²) in [5.74, 6) is -1.00. The van der Waals surface area contributed by atoms with Crippen molar-refractivity contribution < 1.29 is 15.0 Å². The quantitative estimate of drug-likeness (QED) is 0.674. The smallest absolute Gasteiger partial charge is 0.337 e. The fraction of sp³-hybridized carbons (Fsp3) is 0.300. The molecule has 15 heavy (non-hydrogen) atoms. The third kappa shape index (κ3) is 3.42. The molecule has 0 aromatic heterocycles. The van der Waals surface area contributed by atoms with Crippen LogP contribution in [0, 0.1) is 0 Å². The van der Waals surface area contributed by atoms with Crippen LogP contribution >= 0.6 is 11.6 Å². The minimum atomic E-state index is -1.00. The van der Waals surface area contributed by atoms with Crippen LogP contribution < -0.4 is 5.32 Å². The van der Waals surface area contributed by atoms with Gasteiger partial charge in [0.25, 0.3) is 0 Å². The number of hydrogen-bond acceptors (Lipinski definition) is 3. The molecule has 1 rings (SSSR count). The van der Waals surface area contributed by atoms with E-state index in [1.807, 2.05) is 0 Å². The number of anilines is 1. The van der Waals surface area contributed by atoms with E-state index in [4.69, 9.17) is 21.8 Å². The highest BCUT2D eigenvalue weighted by molar-refractivity contribution is 6.31. The van der Waals surface area contributed by atoms with Crippen LogP contribution in [-0.2, 0) is 0 Å². The Balaban J connectivity index is 2.82. The lowest BCUT2D eigenvalue weighted by molar-refractivity contribution is 0.0698. The van der Waals surface area contributed by atoms with Crippen LogP contribution in [0.2, 0.25) is 5.02 Å². The minimum Gasteiger partial charge on any atom is -0.478 e. The Kier molecular flexibility index (Phi) is 4.39. The van der Waals surface area contributed by atoms with Gasteiger partial charge in [-0.25, -0.2) is 4.79 Å². The largest absolute Gasteiger partial charge is 0.478 e. The number of aliphatic hydroxyl groups is 1. The zero-order valence-electron chi connectivity index (χ0n) is 8.03. The predicted molar refractivity (Wildman–Crippen MR) is 58.6 cm³/mol. The highest BCUT2D eigenvalue weighted by Crippen LogP contribution is 2.20. The second-order valence-corrected chi connectivity index (χ2v) is 3.44. The van der Waals surface area contributed by atoms with E-state index >= 15 is 0 Å². The van der Waals surface area contributed by atoms with Crippen LogP contribution in [0.3, 0.4) is 0 Å². The monoisotopic (exact) mass is 229 g/mol. The molecule has 0 fully saturated rings. The zero-order chi connectivity index (χ0) is 11.3. The van der Waals surface area contributed by atoms with Crippen molar-refractivity contribution in [3.8, 4) is 0 Å². The molecule has 0 bridgehead atoms. The lowest BCUT2D eigenvalue weighted by atomic mass is 10.2. The van der Waals surface area contributed by atoms with Gasteiger partial charge in [-0.15, -0.1) is 0 Å². The summed E-state index contributed by atoms with van der Waals surface area (Å²) in [6.45, 7) is 0.576. The highest BCUT2D eigenvalue weighted by atomic mass is 35.5. The molecule has 0 saturated heterocycles. The summed E-state index contributed by atoms with van der Waals surface area (Å²) in [5, 5.41) is 20.9. The minimum absolute atomic E-state index is 0.0654. The highest BCUT2D eigenvalue weighted by Gasteiger charge is 2.09. The Morgan fingerprint density at radius 3 is 2.80 bits per heavy atom. The molecule has 0 amide bonds. The number of benzene rings is 1. The number of nitrogens with one attached hydrogen (secondary N) is 1. The van der Waals surface area contributed by atoms with E-state index < -0.39 is 5.97 Å². The van der Waals surface area contributed by atoms with Gasteiger partial charge in [0.1, 0.15) is 0 Å². The average Bonchev–Trinajstić information content (AvgIpc) is 2.18. The average molecular weight is 230 g/mol. The first kappa shape index (κ1) is 11.8. The molecule has 1 aromatic rings. The Labute approximate surface area is 92.5 Å². The molecular formula is C10H12ClNO3. The van der Waals surface area contributed by atoms with E-state index in [1.54, 1.807) is 6.07 Å². The molecule has 0 aliphatic heterocycles. The number of hydrogen-bond donors (Lipinski definition) is 3. The van der Waals surface area contributed by atoms with Crippen LogP contribution in [0.25, 0.3) is 0 Å². The molecule has 0 radical (unpaired) electrons. The number of carboxylic acid groups (broad SMARTS) is 1. The second kappa shape index (κ2) is 5.58. The molecule has 0 atom stereocenters. The van der Waals surface area contributed by atoms with Crippen molar-refractivity contribution in [2.75, 3.05) is 18.5 Å². The van der Waals surface area contributed by atoms with Crippen LogP contribution in [0.15, 0.2) is 18.2 Å². The number of aliphatic hydroxyl groups excluding tert-OH is 1. The molecule has 1 aromatic carbocycles. The normalized spacial score (nSPS) is 10.0. The van der Waals surface area contributed by atoms with Gasteiger partial charge in [-0.3, -0.25) is 0 Å². The lowest BCUT2D eigenvalue weighted by Gasteiger charge is -2.09. The third-order valence-electron chi connectivity index (χ3n) is 1.86. The van der Waals surface area contributed by atoms with Gasteiger partial charge in [-0.1, -0.05) is 11.6 Å². The predicted octanol–water partition coefficient (Wildman–Crippen LogP) is 1.83. The van der Waals surface area contributed by atoms with E-state index in [-0.39, 0.29) is 12.2 Å². The molecule has 0 unspecified atom stereocenters. The van der Waals surface area contributed by atoms with E-state index in [0.717, 1.165) is 0 Å². The van der Waals surface area contributed by atoms with Gasteiger partial charge in [-0.2, -0.15) is 0 Å². The summed E-state index contributed by atoms with van der Waals surface area (Å²) < 4.78 is 0. The van der Waals surface area contributed by atoms with Crippen molar-refractivity contribution in [1.82, 2.24) is 0 Å². The molecule has 0 saturated carbocycles. The molecule has 3 N–H and O–H groups in total. The number of carboxylic acids is 1. The summed E-state index contributed by atoms with van der Waals surface area (Å²) in [4.78, 5) is 10.8. The van der Waals surface area contributed by atoms with Crippen molar-refractivity contribution in [3.05, 3.63) is 28.8 Å². The van der Waals surface area contributed by atoms with Crippen molar-refractivity contribution in [2.24, 2.45) is 0 Å². The molecule has 5 heteroatoms. The Bertz CT molecular complexity index is 355. The van der Waals surface area contributed by atoms with Crippen LogP contribution in [-0.4, -0.2) is 29.3 Å². The van der Waals surface area contributed by atoms with Crippen LogP contribution in [0.1, 0.15) is 16.8 Å². The van der Waals surface area contributed by atoms with Crippen LogP contribution in [0.5, 0.6) is 0 Å². The molecule has 0 heterocycles. The fourth-order valence-electron chi connectivity index (χ4n) is 1.15. The molecule has 0 aliphatic carbocycles. The number of aromatic carboxylic acids is 1. The van der Waals surface area contributed by atoms with Crippen LogP contribution in [0.4, 0.5) is 5.69 Å². The van der Waals surface area contributed by atoms with Gasteiger partial charge in [0.05, 0.1) is 11.3 Å². The zero-order valence-corrected chi connectivity index (χ0v) is 8.79. The Hall–Kier alpha value is -1.26. The standard InChI is InChI=1S/C10H12ClNO3/c11-7-2-3-8(10(14)15)9(6-7)12-4-1-5-13/h2-3,6,12-13H,1,4-5H2,(H,14,15). The van der Waals surface area contributed by atoms with Gasteiger partial charge in [0, 0.05) is 18.2 Å². The fourth-order valence-corrected chi connectivity index (χ4v) is 1.32. The maximum atomic E-state index is 10.8. The maximum absolute atomic E-state index is 10.8. The molecule has 0 spiro atoms. The molecule has 0 aliphatic rings. The molecule has 4 nitrogen and oxygen atoms in total. The lowest BCUT2D eigenvalue weighted by Crippen LogP contribution is -2.08. The van der Waals surface area contributed by atoms with Gasteiger partial charge >= 0.3 is 5.97 Å². The number of rotatable bonds is 5. The van der Waals surface area contributed by atoms with Gasteiger partial charge in [-0.05, 0) is 24.6 Å². The SMILES string of the molecule is O=C(O)c1ccc(Cl)cc1NCCCO. The number of halogens is 1. The van der Waals surface area contributed by atoms with Crippen molar-refractivity contribution in [3.63, 3.8) is 0 Å². The first-order chi connectivity index (χ1) is 7.15. The summed E-state index contributed by atoms with van der Waals surface area (Å²) in [5.41, 5.74) is 0.654. The third-order valence-corrected chi connectivity index (χ3v) is 2.10. The summed E-state index contributed by atoms with van der Waals surface area (Å²) in [6, 6.07) is 4.54. The van der Waals surface area contributed by atoms with Gasteiger partial charge < -0.3 is 15.5 Å². The van der Waals surface area contributed by atoms with E-state index in [2.05, 4.69) is 5.32 Å². The van der Waals surface area contributed by atoms with Gasteiger partial charge in [0.15, 0.2) is 0 Å². The maximum Gasteiger partial charge on any atom is 0.337 e.